The summed E-state index contributed by atoms with van der Waals surface area (Å²) in [5.74, 6) is -0.365. The molecule has 0 bridgehead atoms. The van der Waals surface area contributed by atoms with Crippen LogP contribution >= 0.6 is 0 Å². The minimum atomic E-state index is -1.03. The largest absolute Gasteiger partial charge is 0.444 e. The van der Waals surface area contributed by atoms with Gasteiger partial charge in [-0.1, -0.05) is 31.5 Å². The van der Waals surface area contributed by atoms with Crippen LogP contribution in [-0.2, 0) is 22.4 Å². The number of esters is 1. The standard InChI is InChI=1S/C30H34N2O6/c1-6-7-10-19-16-26(33)36-24-13-18(2)14-25(27(19)24)37-28(34)23(32-29(35)38-30(3,4)5)15-20-17-31-22-12-9-8-11-21(20)22/h8-9,11-14,16-17,23,31H,6-7,10,15H2,1-5H3,(H,32,35)/t23-/m1/s1. The first-order chi connectivity index (χ1) is 18.0. The van der Waals surface area contributed by atoms with Crippen LogP contribution in [0.1, 0.15) is 57.2 Å². The van der Waals surface area contributed by atoms with Gasteiger partial charge in [0.1, 0.15) is 23.0 Å². The number of carbonyl (C=O) groups is 2. The van der Waals surface area contributed by atoms with Crippen molar-refractivity contribution in [2.75, 3.05) is 0 Å². The zero-order valence-electron chi connectivity index (χ0n) is 22.5. The van der Waals surface area contributed by atoms with E-state index in [9.17, 15) is 14.4 Å². The second-order valence-electron chi connectivity index (χ2n) is 10.5. The van der Waals surface area contributed by atoms with Crippen molar-refractivity contribution < 1.29 is 23.5 Å². The molecule has 0 radical (unpaired) electrons. The third-order valence-electron chi connectivity index (χ3n) is 6.12. The van der Waals surface area contributed by atoms with Crippen molar-refractivity contribution in [3.63, 3.8) is 0 Å². The van der Waals surface area contributed by atoms with Gasteiger partial charge >= 0.3 is 17.7 Å². The van der Waals surface area contributed by atoms with Crippen molar-refractivity contribution in [1.29, 1.82) is 0 Å². The molecule has 2 N–H and O–H groups in total. The lowest BCUT2D eigenvalue weighted by atomic mass is 10.0. The lowest BCUT2D eigenvalue weighted by molar-refractivity contribution is -0.136. The maximum atomic E-state index is 13.6. The van der Waals surface area contributed by atoms with E-state index in [-0.39, 0.29) is 12.2 Å². The molecule has 0 aliphatic carbocycles. The Morgan fingerprint density at radius 3 is 2.61 bits per heavy atom. The average molecular weight is 519 g/mol. The van der Waals surface area contributed by atoms with Gasteiger partial charge in [-0.3, -0.25) is 0 Å². The fourth-order valence-electron chi connectivity index (χ4n) is 4.46. The zero-order chi connectivity index (χ0) is 27.4. The Kier molecular flexibility index (Phi) is 7.90. The summed E-state index contributed by atoms with van der Waals surface area (Å²) in [4.78, 5) is 41.7. The van der Waals surface area contributed by atoms with E-state index in [2.05, 4.69) is 17.2 Å². The number of rotatable bonds is 8. The fraction of sp³-hybridized carbons (Fsp3) is 0.367. The van der Waals surface area contributed by atoms with Crippen LogP contribution in [0.5, 0.6) is 5.75 Å². The molecule has 0 spiro atoms. The van der Waals surface area contributed by atoms with E-state index in [1.165, 1.54) is 6.07 Å². The molecule has 0 aliphatic rings. The third-order valence-corrected chi connectivity index (χ3v) is 6.12. The summed E-state index contributed by atoms with van der Waals surface area (Å²) < 4.78 is 16.8. The number of aromatic nitrogens is 1. The lowest BCUT2D eigenvalue weighted by Gasteiger charge is -2.23. The summed E-state index contributed by atoms with van der Waals surface area (Å²) in [7, 11) is 0. The monoisotopic (exact) mass is 518 g/mol. The second-order valence-corrected chi connectivity index (χ2v) is 10.5. The Labute approximate surface area is 221 Å². The molecule has 38 heavy (non-hydrogen) atoms. The molecule has 1 amide bonds. The van der Waals surface area contributed by atoms with E-state index >= 15 is 0 Å². The SMILES string of the molecule is CCCCc1cc(=O)oc2cc(C)cc(OC(=O)[C@@H](Cc3c[nH]c4ccccc34)NC(=O)OC(C)(C)C)c12. The molecule has 2 heterocycles. The smallest absolute Gasteiger partial charge is 0.408 e. The van der Waals surface area contributed by atoms with E-state index in [0.717, 1.165) is 40.4 Å². The summed E-state index contributed by atoms with van der Waals surface area (Å²) in [6, 6.07) is 11.6. The van der Waals surface area contributed by atoms with E-state index < -0.39 is 29.3 Å². The molecule has 2 aromatic heterocycles. The number of fused-ring (bicyclic) bond motifs is 2. The van der Waals surface area contributed by atoms with E-state index in [4.69, 9.17) is 13.9 Å². The maximum Gasteiger partial charge on any atom is 0.408 e. The number of hydrogen-bond acceptors (Lipinski definition) is 6. The number of aryl methyl sites for hydroxylation is 2. The van der Waals surface area contributed by atoms with Crippen LogP contribution in [0.25, 0.3) is 21.9 Å². The first-order valence-corrected chi connectivity index (χ1v) is 12.9. The van der Waals surface area contributed by atoms with Crippen LogP contribution in [0, 0.1) is 6.92 Å². The molecule has 2 aromatic carbocycles. The molecule has 0 fully saturated rings. The molecular formula is C30H34N2O6. The van der Waals surface area contributed by atoms with Crippen LogP contribution in [-0.4, -0.2) is 28.7 Å². The third kappa shape index (κ3) is 6.43. The molecule has 0 unspecified atom stereocenters. The maximum absolute atomic E-state index is 13.6. The van der Waals surface area contributed by atoms with Crippen LogP contribution in [0.4, 0.5) is 4.79 Å². The van der Waals surface area contributed by atoms with Gasteiger partial charge in [-0.05, 0) is 75.4 Å². The summed E-state index contributed by atoms with van der Waals surface area (Å²) in [6.45, 7) is 9.16. The minimum absolute atomic E-state index is 0.184. The predicted octanol–water partition coefficient (Wildman–Crippen LogP) is 5.97. The van der Waals surface area contributed by atoms with Crippen LogP contribution < -0.4 is 15.7 Å². The normalized spacial score (nSPS) is 12.4. The fourth-order valence-corrected chi connectivity index (χ4v) is 4.46. The zero-order valence-corrected chi connectivity index (χ0v) is 22.5. The van der Waals surface area contributed by atoms with Gasteiger partial charge < -0.3 is 24.2 Å². The molecule has 1 atom stereocenters. The van der Waals surface area contributed by atoms with Gasteiger partial charge in [0.15, 0.2) is 0 Å². The van der Waals surface area contributed by atoms with Gasteiger partial charge in [0.25, 0.3) is 0 Å². The van der Waals surface area contributed by atoms with Crippen molar-refractivity contribution in [2.24, 2.45) is 0 Å². The first-order valence-electron chi connectivity index (χ1n) is 12.9. The average Bonchev–Trinajstić information content (AvgIpc) is 3.23. The van der Waals surface area contributed by atoms with Gasteiger partial charge in [-0.25, -0.2) is 14.4 Å². The van der Waals surface area contributed by atoms with Gasteiger partial charge in [0.2, 0.25) is 0 Å². The molecule has 0 aliphatic heterocycles. The molecule has 200 valence electrons. The van der Waals surface area contributed by atoms with Crippen LogP contribution in [0.15, 0.2) is 57.9 Å². The van der Waals surface area contributed by atoms with E-state index in [1.54, 1.807) is 32.9 Å². The highest BCUT2D eigenvalue weighted by Crippen LogP contribution is 2.31. The highest BCUT2D eigenvalue weighted by molar-refractivity contribution is 5.92. The van der Waals surface area contributed by atoms with Crippen molar-refractivity contribution >= 4 is 33.9 Å². The minimum Gasteiger partial charge on any atom is -0.444 e. The number of carbonyl (C=O) groups excluding carboxylic acids is 2. The Hall–Kier alpha value is -4.07. The summed E-state index contributed by atoms with van der Waals surface area (Å²) in [5.41, 5.74) is 2.47. The number of unbranched alkanes of at least 4 members (excludes halogenated alkanes) is 1. The molecule has 4 rings (SSSR count). The number of nitrogens with one attached hydrogen (secondary N) is 2. The van der Waals surface area contributed by atoms with Gasteiger partial charge in [0.05, 0.1) is 5.39 Å². The van der Waals surface area contributed by atoms with E-state index in [0.29, 0.717) is 17.4 Å². The topological polar surface area (TPSA) is 111 Å². The number of benzene rings is 2. The molecule has 8 heteroatoms. The number of alkyl carbamates (subject to hydrolysis) is 1. The summed E-state index contributed by atoms with van der Waals surface area (Å²) >= 11 is 0. The number of H-pyrrole nitrogens is 1. The van der Waals surface area contributed by atoms with Crippen molar-refractivity contribution in [2.45, 2.75) is 71.9 Å². The van der Waals surface area contributed by atoms with Crippen LogP contribution in [0.2, 0.25) is 0 Å². The lowest BCUT2D eigenvalue weighted by Crippen LogP contribution is -2.46. The number of aromatic amines is 1. The number of hydrogen-bond donors (Lipinski definition) is 2. The summed E-state index contributed by atoms with van der Waals surface area (Å²) in [6.07, 6.45) is 3.73. The number of amides is 1. The van der Waals surface area contributed by atoms with Crippen molar-refractivity contribution in [1.82, 2.24) is 10.3 Å². The van der Waals surface area contributed by atoms with E-state index in [1.807, 2.05) is 37.4 Å². The first kappa shape index (κ1) is 27.0. The Morgan fingerprint density at radius 1 is 1.11 bits per heavy atom. The Balaban J connectivity index is 1.70. The Bertz CT molecular complexity index is 1530. The summed E-state index contributed by atoms with van der Waals surface area (Å²) in [5, 5.41) is 4.22. The Morgan fingerprint density at radius 2 is 1.87 bits per heavy atom. The highest BCUT2D eigenvalue weighted by Gasteiger charge is 2.28. The number of para-hydroxylation sites is 1. The van der Waals surface area contributed by atoms with Crippen LogP contribution in [0.3, 0.4) is 0 Å². The highest BCUT2D eigenvalue weighted by atomic mass is 16.6. The van der Waals surface area contributed by atoms with Gasteiger partial charge in [-0.15, -0.1) is 0 Å². The van der Waals surface area contributed by atoms with Gasteiger partial charge in [-0.2, -0.15) is 0 Å². The molecule has 4 aromatic rings. The quantitative estimate of drug-likeness (QED) is 0.169. The number of ether oxygens (including phenoxy) is 2. The molecule has 0 saturated heterocycles. The molecule has 8 nitrogen and oxygen atoms in total. The second kappa shape index (κ2) is 11.1. The predicted molar refractivity (Wildman–Crippen MR) is 147 cm³/mol. The van der Waals surface area contributed by atoms with Crippen molar-refractivity contribution in [3.8, 4) is 5.75 Å². The van der Waals surface area contributed by atoms with Crippen molar-refractivity contribution in [3.05, 3.63) is 75.8 Å². The molecular weight excluding hydrogens is 484 g/mol. The molecule has 0 saturated carbocycles. The van der Waals surface area contributed by atoms with Gasteiger partial charge in [0, 0.05) is 29.6 Å².